The van der Waals surface area contributed by atoms with E-state index in [2.05, 4.69) is 15.9 Å². The molecule has 0 atom stereocenters. The predicted molar refractivity (Wildman–Crippen MR) is 89.3 cm³/mol. The lowest BCUT2D eigenvalue weighted by atomic mass is 10.1. The van der Waals surface area contributed by atoms with Gasteiger partial charge in [-0.3, -0.25) is 4.79 Å². The molecule has 4 heteroatoms. The minimum atomic E-state index is 0.359. The van der Waals surface area contributed by atoms with E-state index in [-0.39, 0.29) is 0 Å². The Hall–Kier alpha value is 0.300. The van der Waals surface area contributed by atoms with Crippen LogP contribution in [0.15, 0.2) is 0 Å². The molecule has 0 radical (unpaired) electrons. The van der Waals surface area contributed by atoms with Crippen LogP contribution in [0, 0.1) is 0 Å². The van der Waals surface area contributed by atoms with E-state index in [9.17, 15) is 4.79 Å². The zero-order valence-corrected chi connectivity index (χ0v) is 14.4. The van der Waals surface area contributed by atoms with Gasteiger partial charge in [-0.05, 0) is 31.4 Å². The van der Waals surface area contributed by atoms with Gasteiger partial charge in [0, 0.05) is 18.4 Å². The summed E-state index contributed by atoms with van der Waals surface area (Å²) in [6.45, 7) is 1.99. The zero-order valence-electron chi connectivity index (χ0n) is 12.0. The van der Waals surface area contributed by atoms with Gasteiger partial charge in [-0.1, -0.05) is 48.0 Å². The number of hydrogen-bond acceptors (Lipinski definition) is 2. The van der Waals surface area contributed by atoms with Crippen molar-refractivity contribution in [3.05, 3.63) is 0 Å². The maximum Gasteiger partial charge on any atom is 0.232 e. The average molecular weight is 350 g/mol. The van der Waals surface area contributed by atoms with Crippen LogP contribution in [-0.2, 0) is 4.79 Å². The Kier molecular flexibility index (Phi) is 11.0. The van der Waals surface area contributed by atoms with Gasteiger partial charge in [-0.15, -0.1) is 0 Å². The van der Waals surface area contributed by atoms with Crippen molar-refractivity contribution in [2.75, 3.05) is 29.9 Å². The first-order chi connectivity index (χ1) is 9.34. The number of unbranched alkanes of at least 4 members (excludes halogenated alkanes) is 6. The molecule has 0 aromatic rings. The number of hydrogen-bond donors (Lipinski definition) is 0. The summed E-state index contributed by atoms with van der Waals surface area (Å²) >= 11 is 5.29. The molecule has 0 aliphatic carbocycles. The first-order valence-corrected chi connectivity index (χ1v) is 10.0. The van der Waals surface area contributed by atoms with Crippen molar-refractivity contribution in [1.29, 1.82) is 0 Å². The second-order valence-corrected chi connectivity index (χ2v) is 7.20. The normalized spacial score (nSPS) is 15.1. The predicted octanol–water partition coefficient (Wildman–Crippen LogP) is 4.47. The molecule has 1 rings (SSSR count). The highest BCUT2D eigenvalue weighted by atomic mass is 79.9. The fourth-order valence-electron chi connectivity index (χ4n) is 2.40. The Morgan fingerprint density at radius 1 is 0.947 bits per heavy atom. The molecule has 2 nitrogen and oxygen atoms in total. The first-order valence-electron chi connectivity index (χ1n) is 7.76. The highest BCUT2D eigenvalue weighted by Gasteiger charge is 2.16. The summed E-state index contributed by atoms with van der Waals surface area (Å²) < 4.78 is 0. The third kappa shape index (κ3) is 8.96. The van der Waals surface area contributed by atoms with Crippen LogP contribution in [0.25, 0.3) is 0 Å². The Morgan fingerprint density at radius 3 is 2.16 bits per heavy atom. The van der Waals surface area contributed by atoms with Gasteiger partial charge in [0.25, 0.3) is 0 Å². The van der Waals surface area contributed by atoms with Crippen LogP contribution in [0.5, 0.6) is 0 Å². The third-order valence-corrected chi connectivity index (χ3v) is 5.20. The van der Waals surface area contributed by atoms with Crippen LogP contribution in [-0.4, -0.2) is 40.7 Å². The summed E-state index contributed by atoms with van der Waals surface area (Å²) in [7, 11) is 0. The van der Waals surface area contributed by atoms with Crippen LogP contribution >= 0.6 is 27.7 Å². The largest absolute Gasteiger partial charge is 0.342 e. The fourth-order valence-corrected chi connectivity index (χ4v) is 3.71. The molecule has 0 unspecified atom stereocenters. The summed E-state index contributed by atoms with van der Waals surface area (Å²) in [6.07, 6.45) is 11.8. The van der Waals surface area contributed by atoms with E-state index in [1.165, 1.54) is 57.8 Å². The number of alkyl halides is 1. The molecule has 1 saturated heterocycles. The fraction of sp³-hybridized carbons (Fsp3) is 0.933. The number of amides is 1. The van der Waals surface area contributed by atoms with Crippen LogP contribution in [0.4, 0.5) is 0 Å². The number of carbonyl (C=O) groups excluding carboxylic acids is 1. The lowest BCUT2D eigenvalue weighted by molar-refractivity contribution is -0.127. The van der Waals surface area contributed by atoms with Crippen molar-refractivity contribution in [3.8, 4) is 0 Å². The summed E-state index contributed by atoms with van der Waals surface area (Å²) in [6, 6.07) is 0. The molecule has 112 valence electrons. The Bertz CT molecular complexity index is 232. The van der Waals surface area contributed by atoms with Gasteiger partial charge in [0.05, 0.1) is 5.75 Å². The molecule has 0 aromatic carbocycles. The Labute approximate surface area is 131 Å². The van der Waals surface area contributed by atoms with Crippen LogP contribution in [0.3, 0.4) is 0 Å². The van der Waals surface area contributed by atoms with E-state index in [0.717, 1.165) is 24.2 Å². The molecule has 19 heavy (non-hydrogen) atoms. The second kappa shape index (κ2) is 12.1. The maximum absolute atomic E-state index is 11.8. The van der Waals surface area contributed by atoms with Gasteiger partial charge < -0.3 is 4.90 Å². The average Bonchev–Trinajstić information content (AvgIpc) is 2.95. The highest BCUT2D eigenvalue weighted by molar-refractivity contribution is 9.09. The number of halogens is 1. The number of thioether (sulfide) groups is 1. The van der Waals surface area contributed by atoms with Gasteiger partial charge in [0.15, 0.2) is 0 Å². The highest BCUT2D eigenvalue weighted by Crippen LogP contribution is 2.13. The SMILES string of the molecule is O=C(CSCCCCCCCCCBr)N1CCCC1. The van der Waals surface area contributed by atoms with Crippen LogP contribution in [0.1, 0.15) is 57.8 Å². The monoisotopic (exact) mass is 349 g/mol. The molecule has 1 fully saturated rings. The number of nitrogens with zero attached hydrogens (tertiary/aromatic N) is 1. The molecule has 1 amide bonds. The molecule has 1 heterocycles. The topological polar surface area (TPSA) is 20.3 Å². The molecule has 0 bridgehead atoms. The van der Waals surface area contributed by atoms with Crippen LogP contribution < -0.4 is 0 Å². The van der Waals surface area contributed by atoms with E-state index in [1.54, 1.807) is 0 Å². The van der Waals surface area contributed by atoms with E-state index in [1.807, 2.05) is 16.7 Å². The maximum atomic E-state index is 11.8. The number of carbonyl (C=O) groups is 1. The molecule has 0 spiro atoms. The van der Waals surface area contributed by atoms with Gasteiger partial charge >= 0.3 is 0 Å². The zero-order chi connectivity index (χ0) is 13.8. The Balaban J connectivity index is 1.79. The van der Waals surface area contributed by atoms with E-state index >= 15 is 0 Å². The minimum absolute atomic E-state index is 0.359. The van der Waals surface area contributed by atoms with Crippen molar-refractivity contribution < 1.29 is 4.79 Å². The van der Waals surface area contributed by atoms with E-state index in [4.69, 9.17) is 0 Å². The molecule has 0 aromatic heterocycles. The smallest absolute Gasteiger partial charge is 0.232 e. The van der Waals surface area contributed by atoms with Gasteiger partial charge in [-0.25, -0.2) is 0 Å². The summed E-state index contributed by atoms with van der Waals surface area (Å²) in [5.74, 6) is 2.21. The molecule has 1 aliphatic heterocycles. The number of likely N-dealkylation sites (tertiary alicyclic amines) is 1. The van der Waals surface area contributed by atoms with Crippen molar-refractivity contribution in [2.45, 2.75) is 57.8 Å². The molecule has 0 saturated carbocycles. The Morgan fingerprint density at radius 2 is 1.53 bits per heavy atom. The molecular formula is C15H28BrNOS. The molecule has 0 N–H and O–H groups in total. The first kappa shape index (κ1) is 17.4. The molecule has 1 aliphatic rings. The standard InChI is InChI=1S/C15H28BrNOS/c16-10-6-4-2-1-3-5-9-13-19-14-15(18)17-11-7-8-12-17/h1-14H2. The quantitative estimate of drug-likeness (QED) is 0.405. The van der Waals surface area contributed by atoms with Crippen molar-refractivity contribution in [1.82, 2.24) is 4.90 Å². The minimum Gasteiger partial charge on any atom is -0.342 e. The second-order valence-electron chi connectivity index (χ2n) is 5.30. The van der Waals surface area contributed by atoms with E-state index < -0.39 is 0 Å². The summed E-state index contributed by atoms with van der Waals surface area (Å²) in [4.78, 5) is 13.8. The van der Waals surface area contributed by atoms with Gasteiger partial charge in [-0.2, -0.15) is 11.8 Å². The van der Waals surface area contributed by atoms with Crippen molar-refractivity contribution >= 4 is 33.6 Å². The lowest BCUT2D eigenvalue weighted by Gasteiger charge is -2.14. The van der Waals surface area contributed by atoms with E-state index in [0.29, 0.717) is 11.7 Å². The molecular weight excluding hydrogens is 322 g/mol. The van der Waals surface area contributed by atoms with Crippen LogP contribution in [0.2, 0.25) is 0 Å². The summed E-state index contributed by atoms with van der Waals surface area (Å²) in [5.41, 5.74) is 0. The lowest BCUT2D eigenvalue weighted by Crippen LogP contribution is -2.29. The third-order valence-electron chi connectivity index (χ3n) is 3.61. The van der Waals surface area contributed by atoms with Gasteiger partial charge in [0.1, 0.15) is 0 Å². The van der Waals surface area contributed by atoms with Crippen molar-refractivity contribution in [2.24, 2.45) is 0 Å². The van der Waals surface area contributed by atoms with Crippen molar-refractivity contribution in [3.63, 3.8) is 0 Å². The van der Waals surface area contributed by atoms with Gasteiger partial charge in [0.2, 0.25) is 5.91 Å². The number of rotatable bonds is 11. The summed E-state index contributed by atoms with van der Waals surface area (Å²) in [5, 5.41) is 1.15.